The van der Waals surface area contributed by atoms with Crippen molar-refractivity contribution in [1.82, 2.24) is 0 Å². The van der Waals surface area contributed by atoms with Crippen LogP contribution >= 0.6 is 0 Å². The van der Waals surface area contributed by atoms with Crippen molar-refractivity contribution in [2.75, 3.05) is 0 Å². The van der Waals surface area contributed by atoms with Crippen molar-refractivity contribution in [3.8, 4) is 0 Å². The van der Waals surface area contributed by atoms with Crippen LogP contribution in [-0.2, 0) is 6.61 Å². The quantitative estimate of drug-likeness (QED) is 0.782. The van der Waals surface area contributed by atoms with E-state index in [2.05, 4.69) is 19.1 Å². The number of benzene rings is 1. The fraction of sp³-hybridized carbons (Fsp3) is 0.571. The van der Waals surface area contributed by atoms with E-state index in [9.17, 15) is 5.11 Å². The van der Waals surface area contributed by atoms with E-state index in [4.69, 9.17) is 0 Å². The minimum Gasteiger partial charge on any atom is -0.392 e. The molecule has 0 aliphatic heterocycles. The number of hydrogen-bond donors (Lipinski definition) is 1. The maximum absolute atomic E-state index is 9.30. The second-order valence-electron chi connectivity index (χ2n) is 4.81. The van der Waals surface area contributed by atoms with Crippen LogP contribution in [0.15, 0.2) is 24.3 Å². The van der Waals surface area contributed by atoms with E-state index >= 15 is 0 Å². The van der Waals surface area contributed by atoms with Gasteiger partial charge in [0.1, 0.15) is 0 Å². The number of aliphatic hydroxyl groups is 1. The second kappa shape index (κ2) is 4.80. The van der Waals surface area contributed by atoms with Crippen LogP contribution in [0.3, 0.4) is 0 Å². The summed E-state index contributed by atoms with van der Waals surface area (Å²) in [4.78, 5) is 0. The Morgan fingerprint density at radius 3 is 2.47 bits per heavy atom. The smallest absolute Gasteiger partial charge is 0.0684 e. The Morgan fingerprint density at radius 1 is 1.13 bits per heavy atom. The zero-order valence-corrected chi connectivity index (χ0v) is 9.45. The van der Waals surface area contributed by atoms with Crippen LogP contribution in [0.2, 0.25) is 0 Å². The highest BCUT2D eigenvalue weighted by Crippen LogP contribution is 2.36. The molecule has 0 heterocycles. The van der Waals surface area contributed by atoms with Gasteiger partial charge in [-0.15, -0.1) is 0 Å². The molecule has 1 N–H and O–H groups in total. The molecule has 0 bridgehead atoms. The summed E-state index contributed by atoms with van der Waals surface area (Å²) in [6.45, 7) is 2.52. The van der Waals surface area contributed by atoms with Crippen molar-refractivity contribution in [2.24, 2.45) is 5.92 Å². The lowest BCUT2D eigenvalue weighted by molar-refractivity contribution is 0.276. The summed E-state index contributed by atoms with van der Waals surface area (Å²) in [5, 5.41) is 9.30. The molecular weight excluding hydrogens is 184 g/mol. The molecule has 1 nitrogen and oxygen atoms in total. The average Bonchev–Trinajstić information content (AvgIpc) is 2.30. The number of rotatable bonds is 2. The van der Waals surface area contributed by atoms with Gasteiger partial charge in [-0.3, -0.25) is 0 Å². The van der Waals surface area contributed by atoms with E-state index < -0.39 is 0 Å². The number of hydrogen-bond acceptors (Lipinski definition) is 1. The molecule has 1 saturated carbocycles. The summed E-state index contributed by atoms with van der Waals surface area (Å²) in [5.74, 6) is 1.58. The maximum atomic E-state index is 9.30. The van der Waals surface area contributed by atoms with Gasteiger partial charge in [-0.2, -0.15) is 0 Å². The van der Waals surface area contributed by atoms with Crippen molar-refractivity contribution < 1.29 is 5.11 Å². The van der Waals surface area contributed by atoms with Crippen molar-refractivity contribution in [3.63, 3.8) is 0 Å². The Hall–Kier alpha value is -0.820. The van der Waals surface area contributed by atoms with Gasteiger partial charge in [0.15, 0.2) is 0 Å². The predicted molar refractivity (Wildman–Crippen MR) is 62.7 cm³/mol. The van der Waals surface area contributed by atoms with Crippen molar-refractivity contribution in [2.45, 2.75) is 45.1 Å². The number of aliphatic hydroxyl groups excluding tert-OH is 1. The van der Waals surface area contributed by atoms with Gasteiger partial charge in [0.05, 0.1) is 6.61 Å². The van der Waals surface area contributed by atoms with Gasteiger partial charge < -0.3 is 5.11 Å². The second-order valence-corrected chi connectivity index (χ2v) is 4.81. The average molecular weight is 204 g/mol. The first-order chi connectivity index (χ1) is 7.31. The predicted octanol–water partition coefficient (Wildman–Crippen LogP) is 3.47. The molecule has 1 aliphatic rings. The topological polar surface area (TPSA) is 20.2 Å². The van der Waals surface area contributed by atoms with E-state index in [0.29, 0.717) is 5.92 Å². The maximum Gasteiger partial charge on any atom is 0.0684 e. The Bertz CT molecular complexity index is 311. The molecule has 1 aromatic carbocycles. The first kappa shape index (κ1) is 10.7. The molecule has 1 aromatic rings. The van der Waals surface area contributed by atoms with Crippen LogP contribution in [0.5, 0.6) is 0 Å². The molecular formula is C14H20O. The van der Waals surface area contributed by atoms with Crippen LogP contribution < -0.4 is 0 Å². The van der Waals surface area contributed by atoms with E-state index in [0.717, 1.165) is 11.5 Å². The molecule has 1 heteroatoms. The van der Waals surface area contributed by atoms with Gasteiger partial charge in [0.2, 0.25) is 0 Å². The Kier molecular flexibility index (Phi) is 3.42. The van der Waals surface area contributed by atoms with Crippen molar-refractivity contribution in [3.05, 3.63) is 35.4 Å². The van der Waals surface area contributed by atoms with E-state index in [1.807, 2.05) is 12.1 Å². The Labute approximate surface area is 92.1 Å². The molecule has 0 saturated heterocycles. The summed E-state index contributed by atoms with van der Waals surface area (Å²) in [7, 11) is 0. The molecule has 0 amide bonds. The first-order valence-electron chi connectivity index (χ1n) is 6.00. The SMILES string of the molecule is CC1CCC(c2ccccc2CO)CC1. The van der Waals surface area contributed by atoms with Crippen LogP contribution in [0.25, 0.3) is 0 Å². The van der Waals surface area contributed by atoms with Gasteiger partial charge in [-0.1, -0.05) is 44.0 Å². The highest BCUT2D eigenvalue weighted by atomic mass is 16.3. The van der Waals surface area contributed by atoms with Gasteiger partial charge in [-0.25, -0.2) is 0 Å². The lowest BCUT2D eigenvalue weighted by Gasteiger charge is -2.27. The summed E-state index contributed by atoms with van der Waals surface area (Å²) in [6, 6.07) is 8.34. The molecule has 0 radical (unpaired) electrons. The van der Waals surface area contributed by atoms with Crippen molar-refractivity contribution in [1.29, 1.82) is 0 Å². The highest BCUT2D eigenvalue weighted by molar-refractivity contribution is 5.30. The third-order valence-electron chi connectivity index (χ3n) is 3.68. The summed E-state index contributed by atoms with van der Waals surface area (Å²) in [6.07, 6.45) is 5.26. The first-order valence-corrected chi connectivity index (χ1v) is 6.00. The van der Waals surface area contributed by atoms with Crippen LogP contribution in [-0.4, -0.2) is 5.11 Å². The normalized spacial score (nSPS) is 26.5. The zero-order chi connectivity index (χ0) is 10.7. The highest BCUT2D eigenvalue weighted by Gasteiger charge is 2.21. The van der Waals surface area contributed by atoms with E-state index in [1.165, 1.54) is 31.2 Å². The molecule has 0 unspecified atom stereocenters. The van der Waals surface area contributed by atoms with Crippen LogP contribution in [0.4, 0.5) is 0 Å². The molecule has 0 spiro atoms. The van der Waals surface area contributed by atoms with Crippen LogP contribution in [0, 0.1) is 5.92 Å². The van der Waals surface area contributed by atoms with Gasteiger partial charge in [-0.05, 0) is 35.8 Å². The van der Waals surface area contributed by atoms with Gasteiger partial charge in [0, 0.05) is 0 Å². The monoisotopic (exact) mass is 204 g/mol. The third-order valence-corrected chi connectivity index (χ3v) is 3.68. The Morgan fingerprint density at radius 2 is 1.80 bits per heavy atom. The van der Waals surface area contributed by atoms with Gasteiger partial charge >= 0.3 is 0 Å². The molecule has 0 atom stereocenters. The van der Waals surface area contributed by atoms with Crippen molar-refractivity contribution >= 4 is 0 Å². The van der Waals surface area contributed by atoms with E-state index in [-0.39, 0.29) is 6.61 Å². The Balaban J connectivity index is 2.15. The molecule has 1 fully saturated rings. The van der Waals surface area contributed by atoms with Gasteiger partial charge in [0.25, 0.3) is 0 Å². The van der Waals surface area contributed by atoms with E-state index in [1.54, 1.807) is 0 Å². The molecule has 1 aliphatic carbocycles. The zero-order valence-electron chi connectivity index (χ0n) is 9.45. The molecule has 82 valence electrons. The summed E-state index contributed by atoms with van der Waals surface area (Å²) < 4.78 is 0. The standard InChI is InChI=1S/C14H20O/c1-11-6-8-12(9-7-11)14-5-3-2-4-13(14)10-15/h2-5,11-12,15H,6-10H2,1H3. The summed E-state index contributed by atoms with van der Waals surface area (Å²) in [5.41, 5.74) is 2.50. The largest absolute Gasteiger partial charge is 0.392 e. The summed E-state index contributed by atoms with van der Waals surface area (Å²) >= 11 is 0. The minimum absolute atomic E-state index is 0.183. The molecule has 0 aromatic heterocycles. The molecule has 15 heavy (non-hydrogen) atoms. The molecule has 2 rings (SSSR count). The third kappa shape index (κ3) is 2.40. The lowest BCUT2D eigenvalue weighted by atomic mass is 9.78. The van der Waals surface area contributed by atoms with Crippen LogP contribution in [0.1, 0.15) is 49.7 Å². The lowest BCUT2D eigenvalue weighted by Crippen LogP contribution is -2.12. The fourth-order valence-corrected chi connectivity index (χ4v) is 2.65. The fourth-order valence-electron chi connectivity index (χ4n) is 2.65. The minimum atomic E-state index is 0.183.